The van der Waals surface area contributed by atoms with Crippen LogP contribution in [0.5, 0.6) is 0 Å². The van der Waals surface area contributed by atoms with Gasteiger partial charge in [-0.1, -0.05) is 35.3 Å². The largest absolute Gasteiger partial charge is 0.388 e. The van der Waals surface area contributed by atoms with E-state index in [1.54, 1.807) is 24.3 Å². The van der Waals surface area contributed by atoms with Crippen LogP contribution in [0, 0.1) is 5.82 Å². The van der Waals surface area contributed by atoms with Crippen LogP contribution in [0.2, 0.25) is 10.0 Å². The van der Waals surface area contributed by atoms with Crippen LogP contribution in [-0.4, -0.2) is 5.11 Å². The third-order valence-electron chi connectivity index (χ3n) is 2.74. The predicted molar refractivity (Wildman–Crippen MR) is 79.2 cm³/mol. The van der Waals surface area contributed by atoms with E-state index in [0.717, 1.165) is 10.0 Å². The number of hydrogen-bond donors (Lipinski definition) is 1. The Kier molecular flexibility index (Phi) is 4.85. The van der Waals surface area contributed by atoms with Gasteiger partial charge in [-0.25, -0.2) is 4.39 Å². The molecule has 0 amide bonds. The van der Waals surface area contributed by atoms with Gasteiger partial charge in [-0.05, 0) is 51.3 Å². The van der Waals surface area contributed by atoms with Crippen LogP contribution in [0.3, 0.4) is 0 Å². The van der Waals surface area contributed by atoms with Gasteiger partial charge in [0.1, 0.15) is 5.82 Å². The molecule has 1 unspecified atom stereocenters. The van der Waals surface area contributed by atoms with Crippen molar-refractivity contribution in [3.8, 4) is 0 Å². The van der Waals surface area contributed by atoms with Crippen molar-refractivity contribution in [2.24, 2.45) is 0 Å². The van der Waals surface area contributed by atoms with E-state index in [0.29, 0.717) is 17.0 Å². The van der Waals surface area contributed by atoms with Gasteiger partial charge in [-0.3, -0.25) is 0 Å². The number of halogens is 4. The molecule has 2 aromatic carbocycles. The van der Waals surface area contributed by atoms with Gasteiger partial charge in [0, 0.05) is 10.9 Å². The summed E-state index contributed by atoms with van der Waals surface area (Å²) >= 11 is 15.0. The van der Waals surface area contributed by atoms with Crippen molar-refractivity contribution in [1.82, 2.24) is 0 Å². The highest BCUT2D eigenvalue weighted by Crippen LogP contribution is 2.28. The zero-order chi connectivity index (χ0) is 14.0. The minimum Gasteiger partial charge on any atom is -0.388 e. The second-order valence-electron chi connectivity index (χ2n) is 4.14. The molecule has 0 aliphatic carbocycles. The number of rotatable bonds is 3. The summed E-state index contributed by atoms with van der Waals surface area (Å²) in [5, 5.41) is 10.7. The average Bonchev–Trinajstić information content (AvgIpc) is 2.37. The fourth-order valence-corrected chi connectivity index (χ4v) is 2.37. The normalized spacial score (nSPS) is 12.5. The SMILES string of the molecule is OC(Cc1ccc(F)c(Cl)c1)c1ccc(Br)c(Cl)c1. The first-order valence-electron chi connectivity index (χ1n) is 5.54. The molecule has 0 aliphatic rings. The second kappa shape index (κ2) is 6.23. The summed E-state index contributed by atoms with van der Waals surface area (Å²) in [4.78, 5) is 0. The summed E-state index contributed by atoms with van der Waals surface area (Å²) in [7, 11) is 0. The van der Waals surface area contributed by atoms with Gasteiger partial charge in [0.25, 0.3) is 0 Å². The molecule has 1 atom stereocenters. The summed E-state index contributed by atoms with van der Waals surface area (Å²) in [6.45, 7) is 0. The van der Waals surface area contributed by atoms with Crippen molar-refractivity contribution >= 4 is 39.1 Å². The molecule has 19 heavy (non-hydrogen) atoms. The van der Waals surface area contributed by atoms with Crippen molar-refractivity contribution in [3.63, 3.8) is 0 Å². The standard InChI is InChI=1S/C14H10BrCl2FO/c15-10-3-2-9(7-11(10)16)14(19)6-8-1-4-13(18)12(17)5-8/h1-5,7,14,19H,6H2. The quantitative estimate of drug-likeness (QED) is 0.797. The Balaban J connectivity index is 2.17. The first kappa shape index (κ1) is 14.8. The first-order valence-corrected chi connectivity index (χ1v) is 7.09. The van der Waals surface area contributed by atoms with Gasteiger partial charge in [-0.2, -0.15) is 0 Å². The lowest BCUT2D eigenvalue weighted by molar-refractivity contribution is 0.178. The zero-order valence-corrected chi connectivity index (χ0v) is 12.8. The smallest absolute Gasteiger partial charge is 0.141 e. The van der Waals surface area contributed by atoms with E-state index in [2.05, 4.69) is 15.9 Å². The maximum absolute atomic E-state index is 13.0. The monoisotopic (exact) mass is 362 g/mol. The molecule has 100 valence electrons. The van der Waals surface area contributed by atoms with Crippen molar-refractivity contribution < 1.29 is 9.50 Å². The molecule has 0 saturated heterocycles. The van der Waals surface area contributed by atoms with E-state index < -0.39 is 11.9 Å². The summed E-state index contributed by atoms with van der Waals surface area (Å²) in [5.41, 5.74) is 1.46. The summed E-state index contributed by atoms with van der Waals surface area (Å²) in [6, 6.07) is 9.66. The molecule has 0 aliphatic heterocycles. The van der Waals surface area contributed by atoms with Crippen LogP contribution in [0.15, 0.2) is 40.9 Å². The van der Waals surface area contributed by atoms with E-state index in [1.165, 1.54) is 12.1 Å². The molecule has 2 aromatic rings. The average molecular weight is 364 g/mol. The Labute approximate surface area is 129 Å². The van der Waals surface area contributed by atoms with Gasteiger partial charge in [0.15, 0.2) is 0 Å². The molecule has 5 heteroatoms. The third-order valence-corrected chi connectivity index (χ3v) is 4.26. The Bertz CT molecular complexity index is 604. The molecular weight excluding hydrogens is 354 g/mol. The van der Waals surface area contributed by atoms with Crippen LogP contribution < -0.4 is 0 Å². The van der Waals surface area contributed by atoms with E-state index in [-0.39, 0.29) is 5.02 Å². The van der Waals surface area contributed by atoms with Crippen molar-refractivity contribution in [2.45, 2.75) is 12.5 Å². The minimum atomic E-state index is -0.716. The van der Waals surface area contributed by atoms with Crippen LogP contribution in [0.1, 0.15) is 17.2 Å². The lowest BCUT2D eigenvalue weighted by Gasteiger charge is -2.12. The lowest BCUT2D eigenvalue weighted by Crippen LogP contribution is -2.02. The fourth-order valence-electron chi connectivity index (χ4n) is 1.73. The number of aliphatic hydroxyl groups excluding tert-OH is 1. The van der Waals surface area contributed by atoms with Gasteiger partial charge in [-0.15, -0.1) is 0 Å². The van der Waals surface area contributed by atoms with E-state index in [9.17, 15) is 9.50 Å². The molecule has 0 spiro atoms. The van der Waals surface area contributed by atoms with Crippen molar-refractivity contribution in [2.75, 3.05) is 0 Å². The molecule has 0 heterocycles. The maximum atomic E-state index is 13.0. The summed E-state index contributed by atoms with van der Waals surface area (Å²) in [6.07, 6.45) is -0.370. The van der Waals surface area contributed by atoms with Crippen LogP contribution in [0.25, 0.3) is 0 Å². The molecule has 0 bridgehead atoms. The van der Waals surface area contributed by atoms with E-state index in [4.69, 9.17) is 23.2 Å². The zero-order valence-electron chi connectivity index (χ0n) is 9.71. The highest BCUT2D eigenvalue weighted by molar-refractivity contribution is 9.10. The second-order valence-corrected chi connectivity index (χ2v) is 5.81. The predicted octanol–water partition coefficient (Wildman–Crippen LogP) is 5.17. The molecule has 0 saturated carbocycles. The number of hydrogen-bond acceptors (Lipinski definition) is 1. The van der Waals surface area contributed by atoms with E-state index in [1.807, 2.05) is 0 Å². The molecule has 0 fully saturated rings. The van der Waals surface area contributed by atoms with Crippen molar-refractivity contribution in [3.05, 3.63) is 67.9 Å². The number of aliphatic hydroxyl groups is 1. The van der Waals surface area contributed by atoms with Crippen molar-refractivity contribution in [1.29, 1.82) is 0 Å². The van der Waals surface area contributed by atoms with Gasteiger partial charge in [0.2, 0.25) is 0 Å². The van der Waals surface area contributed by atoms with Gasteiger partial charge < -0.3 is 5.11 Å². The molecular formula is C14H10BrCl2FO. The minimum absolute atomic E-state index is 0.0542. The van der Waals surface area contributed by atoms with Crippen LogP contribution >= 0.6 is 39.1 Å². The lowest BCUT2D eigenvalue weighted by atomic mass is 10.0. The Morgan fingerprint density at radius 1 is 1.11 bits per heavy atom. The first-order chi connectivity index (χ1) is 8.97. The molecule has 2 rings (SSSR count). The molecule has 1 N–H and O–H groups in total. The number of benzene rings is 2. The van der Waals surface area contributed by atoms with Gasteiger partial charge in [0.05, 0.1) is 16.1 Å². The van der Waals surface area contributed by atoms with Crippen LogP contribution in [-0.2, 0) is 6.42 Å². The highest BCUT2D eigenvalue weighted by atomic mass is 79.9. The fraction of sp³-hybridized carbons (Fsp3) is 0.143. The van der Waals surface area contributed by atoms with Crippen LogP contribution in [0.4, 0.5) is 4.39 Å². The topological polar surface area (TPSA) is 20.2 Å². The van der Waals surface area contributed by atoms with E-state index >= 15 is 0 Å². The Morgan fingerprint density at radius 3 is 2.47 bits per heavy atom. The van der Waals surface area contributed by atoms with Gasteiger partial charge >= 0.3 is 0 Å². The highest BCUT2D eigenvalue weighted by Gasteiger charge is 2.11. The Morgan fingerprint density at radius 2 is 1.84 bits per heavy atom. The summed E-state index contributed by atoms with van der Waals surface area (Å²) in [5.74, 6) is -0.466. The maximum Gasteiger partial charge on any atom is 0.141 e. The molecule has 0 radical (unpaired) electrons. The molecule has 1 nitrogen and oxygen atoms in total. The Hall–Kier alpha value is -0.610. The third kappa shape index (κ3) is 3.69. The summed E-state index contributed by atoms with van der Waals surface area (Å²) < 4.78 is 13.8. The molecule has 0 aromatic heterocycles.